The molecule has 0 atom stereocenters. The Morgan fingerprint density at radius 3 is 2.07 bits per heavy atom. The summed E-state index contributed by atoms with van der Waals surface area (Å²) in [6.07, 6.45) is 9.37. The predicted octanol–water partition coefficient (Wildman–Crippen LogP) is 3.17. The molecule has 15 heavy (non-hydrogen) atoms. The summed E-state index contributed by atoms with van der Waals surface area (Å²) < 4.78 is 0. The average Bonchev–Trinajstić information content (AvgIpc) is 2.22. The summed E-state index contributed by atoms with van der Waals surface area (Å²) in [7, 11) is 0. The second-order valence-electron chi connectivity index (χ2n) is 3.90. The van der Waals surface area contributed by atoms with Gasteiger partial charge >= 0.3 is 0 Å². The third-order valence-electron chi connectivity index (χ3n) is 2.44. The van der Waals surface area contributed by atoms with Crippen LogP contribution >= 0.6 is 12.6 Å². The van der Waals surface area contributed by atoms with Gasteiger partial charge in [0.05, 0.1) is 0 Å². The summed E-state index contributed by atoms with van der Waals surface area (Å²) in [5.74, 6) is 1.21. The van der Waals surface area contributed by atoms with Crippen molar-refractivity contribution in [3.8, 4) is 0 Å². The van der Waals surface area contributed by atoms with Crippen LogP contribution in [0.3, 0.4) is 0 Å². The Balaban J connectivity index is 3.01. The topological polar surface area (TPSA) is 29.1 Å². The number of thiol groups is 1. The van der Waals surface area contributed by atoms with Crippen LogP contribution in [0.5, 0.6) is 0 Å². The van der Waals surface area contributed by atoms with E-state index >= 15 is 0 Å². The lowest BCUT2D eigenvalue weighted by Crippen LogP contribution is -2.21. The van der Waals surface area contributed by atoms with Crippen LogP contribution in [0.2, 0.25) is 0 Å². The van der Waals surface area contributed by atoms with Crippen molar-refractivity contribution in [1.82, 2.24) is 5.32 Å². The standard InChI is InChI=1S/C12H25NOS/c1-2-13-12(14)10-8-6-4-3-5-7-9-11-15/h15H,2-11H2,1H3,(H,13,14). The van der Waals surface area contributed by atoms with E-state index in [4.69, 9.17) is 0 Å². The molecular formula is C12H25NOS. The Kier molecular flexibility index (Phi) is 11.7. The fourth-order valence-corrected chi connectivity index (χ4v) is 1.79. The van der Waals surface area contributed by atoms with Crippen LogP contribution in [0.4, 0.5) is 0 Å². The number of hydrogen-bond acceptors (Lipinski definition) is 2. The monoisotopic (exact) mass is 231 g/mol. The molecule has 0 aromatic carbocycles. The SMILES string of the molecule is CCNC(=O)CCCCCCCCCS. The van der Waals surface area contributed by atoms with Gasteiger partial charge in [0.15, 0.2) is 0 Å². The first kappa shape index (κ1) is 14.8. The molecular weight excluding hydrogens is 206 g/mol. The molecule has 0 aromatic rings. The van der Waals surface area contributed by atoms with Crippen molar-refractivity contribution in [3.05, 3.63) is 0 Å². The first-order chi connectivity index (χ1) is 7.31. The van der Waals surface area contributed by atoms with Gasteiger partial charge in [-0.05, 0) is 25.5 Å². The Morgan fingerprint density at radius 2 is 1.53 bits per heavy atom. The van der Waals surface area contributed by atoms with E-state index in [1.807, 2.05) is 6.92 Å². The van der Waals surface area contributed by atoms with Crippen molar-refractivity contribution in [2.24, 2.45) is 0 Å². The van der Waals surface area contributed by atoms with Crippen molar-refractivity contribution in [1.29, 1.82) is 0 Å². The minimum absolute atomic E-state index is 0.201. The lowest BCUT2D eigenvalue weighted by atomic mass is 10.1. The molecule has 0 aliphatic rings. The molecule has 0 aliphatic heterocycles. The summed E-state index contributed by atoms with van der Waals surface area (Å²) in [6, 6.07) is 0. The fraction of sp³-hybridized carbons (Fsp3) is 0.917. The molecule has 0 rings (SSSR count). The van der Waals surface area contributed by atoms with Gasteiger partial charge in [0.2, 0.25) is 5.91 Å². The van der Waals surface area contributed by atoms with Gasteiger partial charge in [-0.2, -0.15) is 12.6 Å². The lowest BCUT2D eigenvalue weighted by Gasteiger charge is -2.02. The van der Waals surface area contributed by atoms with E-state index in [2.05, 4.69) is 17.9 Å². The summed E-state index contributed by atoms with van der Waals surface area (Å²) in [6.45, 7) is 2.71. The number of carbonyl (C=O) groups excluding carboxylic acids is 1. The maximum atomic E-state index is 11.1. The molecule has 0 aliphatic carbocycles. The van der Waals surface area contributed by atoms with Gasteiger partial charge in [-0.15, -0.1) is 0 Å². The van der Waals surface area contributed by atoms with Gasteiger partial charge in [-0.25, -0.2) is 0 Å². The van der Waals surface area contributed by atoms with E-state index in [0.717, 1.165) is 18.7 Å². The highest BCUT2D eigenvalue weighted by atomic mass is 32.1. The summed E-state index contributed by atoms with van der Waals surface area (Å²) >= 11 is 4.18. The Labute approximate surface area is 99.6 Å². The maximum Gasteiger partial charge on any atom is 0.219 e. The zero-order valence-corrected chi connectivity index (χ0v) is 10.8. The van der Waals surface area contributed by atoms with Gasteiger partial charge in [0, 0.05) is 13.0 Å². The normalized spacial score (nSPS) is 10.3. The third-order valence-corrected chi connectivity index (χ3v) is 2.75. The molecule has 0 radical (unpaired) electrons. The summed E-state index contributed by atoms with van der Waals surface area (Å²) in [5, 5.41) is 2.82. The molecule has 90 valence electrons. The molecule has 0 aromatic heterocycles. The van der Waals surface area contributed by atoms with Crippen LogP contribution in [0.25, 0.3) is 0 Å². The van der Waals surface area contributed by atoms with Gasteiger partial charge < -0.3 is 5.32 Å². The average molecular weight is 231 g/mol. The smallest absolute Gasteiger partial charge is 0.219 e. The molecule has 2 nitrogen and oxygen atoms in total. The van der Waals surface area contributed by atoms with Crippen LogP contribution < -0.4 is 5.32 Å². The van der Waals surface area contributed by atoms with E-state index < -0.39 is 0 Å². The van der Waals surface area contributed by atoms with E-state index in [9.17, 15) is 4.79 Å². The molecule has 1 N–H and O–H groups in total. The van der Waals surface area contributed by atoms with E-state index in [1.54, 1.807) is 0 Å². The third kappa shape index (κ3) is 11.7. The second kappa shape index (κ2) is 11.9. The fourth-order valence-electron chi connectivity index (χ4n) is 1.57. The number of hydrogen-bond donors (Lipinski definition) is 2. The van der Waals surface area contributed by atoms with Gasteiger partial charge in [0.1, 0.15) is 0 Å². The van der Waals surface area contributed by atoms with Crippen molar-refractivity contribution < 1.29 is 4.79 Å². The molecule has 0 unspecified atom stereocenters. The Bertz CT molecular complexity index is 151. The molecule has 0 fully saturated rings. The molecule has 1 amide bonds. The van der Waals surface area contributed by atoms with Gasteiger partial charge in [0.25, 0.3) is 0 Å². The minimum atomic E-state index is 0.201. The number of nitrogens with one attached hydrogen (secondary N) is 1. The van der Waals surface area contributed by atoms with Crippen molar-refractivity contribution in [2.45, 2.75) is 58.3 Å². The summed E-state index contributed by atoms with van der Waals surface area (Å²) in [5.41, 5.74) is 0. The van der Waals surface area contributed by atoms with Crippen molar-refractivity contribution >= 4 is 18.5 Å². The Hall–Kier alpha value is -0.180. The zero-order chi connectivity index (χ0) is 11.4. The van der Waals surface area contributed by atoms with Crippen LogP contribution in [-0.4, -0.2) is 18.2 Å². The molecule has 0 saturated carbocycles. The number of amides is 1. The molecule has 0 saturated heterocycles. The minimum Gasteiger partial charge on any atom is -0.356 e. The Morgan fingerprint density at radius 1 is 1.00 bits per heavy atom. The largest absolute Gasteiger partial charge is 0.356 e. The first-order valence-electron chi connectivity index (χ1n) is 6.18. The number of unbranched alkanes of at least 4 members (excludes halogenated alkanes) is 6. The number of rotatable bonds is 10. The summed E-state index contributed by atoms with van der Waals surface area (Å²) in [4.78, 5) is 11.1. The molecule has 0 spiro atoms. The van der Waals surface area contributed by atoms with E-state index in [1.165, 1.54) is 38.5 Å². The van der Waals surface area contributed by atoms with Crippen LogP contribution in [0.1, 0.15) is 58.3 Å². The van der Waals surface area contributed by atoms with Gasteiger partial charge in [-0.1, -0.05) is 32.1 Å². The molecule has 0 bridgehead atoms. The molecule has 3 heteroatoms. The molecule has 0 heterocycles. The highest BCUT2D eigenvalue weighted by Gasteiger charge is 1.98. The predicted molar refractivity (Wildman–Crippen MR) is 69.5 cm³/mol. The highest BCUT2D eigenvalue weighted by Crippen LogP contribution is 2.08. The van der Waals surface area contributed by atoms with Crippen LogP contribution in [0.15, 0.2) is 0 Å². The maximum absolute atomic E-state index is 11.1. The highest BCUT2D eigenvalue weighted by molar-refractivity contribution is 7.80. The van der Waals surface area contributed by atoms with Crippen LogP contribution in [0, 0.1) is 0 Å². The quantitative estimate of drug-likeness (QED) is 0.439. The van der Waals surface area contributed by atoms with Crippen LogP contribution in [-0.2, 0) is 4.79 Å². The first-order valence-corrected chi connectivity index (χ1v) is 6.82. The second-order valence-corrected chi connectivity index (χ2v) is 4.35. The van der Waals surface area contributed by atoms with Crippen molar-refractivity contribution in [2.75, 3.05) is 12.3 Å². The van der Waals surface area contributed by atoms with Gasteiger partial charge in [-0.3, -0.25) is 4.79 Å². The van der Waals surface area contributed by atoms with E-state index in [0.29, 0.717) is 6.42 Å². The van der Waals surface area contributed by atoms with E-state index in [-0.39, 0.29) is 5.91 Å². The number of carbonyl (C=O) groups is 1. The lowest BCUT2D eigenvalue weighted by molar-refractivity contribution is -0.121. The zero-order valence-electron chi connectivity index (χ0n) is 9.93. The van der Waals surface area contributed by atoms with Crippen molar-refractivity contribution in [3.63, 3.8) is 0 Å².